The lowest BCUT2D eigenvalue weighted by Crippen LogP contribution is -2.24. The molecule has 1 amide bonds. The first-order chi connectivity index (χ1) is 13.5. The molecule has 7 nitrogen and oxygen atoms in total. The number of halogens is 4. The molecule has 1 aromatic carbocycles. The van der Waals surface area contributed by atoms with Crippen molar-refractivity contribution < 1.29 is 27.5 Å². The normalized spacial score (nSPS) is 12.3. The molecule has 1 aromatic heterocycles. The number of anilines is 2. The summed E-state index contributed by atoms with van der Waals surface area (Å²) in [5.41, 5.74) is 4.20. The maximum Gasteiger partial charge on any atom is 0.418 e. The molecule has 0 radical (unpaired) electrons. The van der Waals surface area contributed by atoms with Crippen LogP contribution in [0.3, 0.4) is 0 Å². The van der Waals surface area contributed by atoms with Gasteiger partial charge in [0.25, 0.3) is 0 Å². The number of esters is 1. The van der Waals surface area contributed by atoms with Crippen LogP contribution in [-0.4, -0.2) is 33.7 Å². The Balaban J connectivity index is 2.12. The topological polar surface area (TPSA) is 107 Å². The van der Waals surface area contributed by atoms with Gasteiger partial charge in [0, 0.05) is 11.2 Å². The Bertz CT molecular complexity index is 927. The van der Waals surface area contributed by atoms with Crippen LogP contribution in [0.4, 0.5) is 24.7 Å². The first-order valence-electron chi connectivity index (χ1n) is 8.16. The van der Waals surface area contributed by atoms with E-state index < -0.39 is 34.6 Å². The molecule has 0 aliphatic rings. The predicted octanol–water partition coefficient (Wildman–Crippen LogP) is 4.03. The van der Waals surface area contributed by atoms with Crippen molar-refractivity contribution in [2.75, 3.05) is 17.7 Å². The third-order valence-corrected chi connectivity index (χ3v) is 4.70. The Labute approximate surface area is 173 Å². The Morgan fingerprint density at radius 1 is 1.38 bits per heavy atom. The summed E-state index contributed by atoms with van der Waals surface area (Å²) >= 11 is 6.48. The van der Waals surface area contributed by atoms with E-state index in [0.717, 1.165) is 30.1 Å². The molecule has 156 valence electrons. The van der Waals surface area contributed by atoms with E-state index in [-0.39, 0.29) is 28.2 Å². The first kappa shape index (κ1) is 22.8. The Hall–Kier alpha value is -2.53. The second-order valence-electron chi connectivity index (χ2n) is 5.61. The van der Waals surface area contributed by atoms with Crippen molar-refractivity contribution in [1.82, 2.24) is 9.97 Å². The summed E-state index contributed by atoms with van der Waals surface area (Å²) in [5, 5.41) is 1.33. The molecule has 0 spiro atoms. The van der Waals surface area contributed by atoms with Gasteiger partial charge < -0.3 is 15.8 Å². The Kier molecular flexibility index (Phi) is 7.31. The van der Waals surface area contributed by atoms with Crippen LogP contribution in [0.15, 0.2) is 29.6 Å². The van der Waals surface area contributed by atoms with E-state index in [1.807, 2.05) is 0 Å². The van der Waals surface area contributed by atoms with E-state index in [1.54, 1.807) is 6.92 Å². The first-order valence-corrected chi connectivity index (χ1v) is 9.42. The molecule has 0 saturated heterocycles. The summed E-state index contributed by atoms with van der Waals surface area (Å²) in [6.45, 7) is 3.24. The largest absolute Gasteiger partial charge is 0.462 e. The van der Waals surface area contributed by atoms with E-state index in [9.17, 15) is 22.8 Å². The highest BCUT2D eigenvalue weighted by atomic mass is 35.5. The van der Waals surface area contributed by atoms with Crippen molar-refractivity contribution in [3.05, 3.63) is 40.5 Å². The number of hydrogen-bond acceptors (Lipinski definition) is 7. The summed E-state index contributed by atoms with van der Waals surface area (Å²) in [5.74, 6) is -1.53. The van der Waals surface area contributed by atoms with Gasteiger partial charge in [0.1, 0.15) is 11.4 Å². The van der Waals surface area contributed by atoms with Gasteiger partial charge in [0.2, 0.25) is 5.91 Å². The van der Waals surface area contributed by atoms with Gasteiger partial charge in [0.05, 0.1) is 23.1 Å². The smallest absolute Gasteiger partial charge is 0.418 e. The lowest BCUT2D eigenvalue weighted by molar-refractivity contribution is -0.137. The molecule has 2 aromatic rings. The molecule has 0 saturated carbocycles. The monoisotopic (exact) mass is 448 g/mol. The molecule has 2 rings (SSSR count). The molecular weight excluding hydrogens is 433 g/mol. The molecule has 0 aliphatic heterocycles. The quantitative estimate of drug-likeness (QED) is 0.390. The molecule has 1 unspecified atom stereocenters. The van der Waals surface area contributed by atoms with Crippen molar-refractivity contribution in [3.63, 3.8) is 0 Å². The van der Waals surface area contributed by atoms with Gasteiger partial charge in [-0.05, 0) is 32.0 Å². The van der Waals surface area contributed by atoms with Crippen LogP contribution in [0, 0.1) is 0 Å². The highest BCUT2D eigenvalue weighted by Crippen LogP contribution is 2.37. The van der Waals surface area contributed by atoms with Crippen LogP contribution in [0.2, 0.25) is 5.02 Å². The fraction of sp³-hybridized carbons (Fsp3) is 0.294. The molecule has 1 atom stereocenters. The molecule has 12 heteroatoms. The van der Waals surface area contributed by atoms with Gasteiger partial charge in [0.15, 0.2) is 5.16 Å². The van der Waals surface area contributed by atoms with E-state index >= 15 is 0 Å². The second kappa shape index (κ2) is 9.31. The van der Waals surface area contributed by atoms with Crippen LogP contribution in [-0.2, 0) is 15.7 Å². The van der Waals surface area contributed by atoms with Crippen molar-refractivity contribution in [2.24, 2.45) is 0 Å². The highest BCUT2D eigenvalue weighted by Gasteiger charge is 2.34. The summed E-state index contributed by atoms with van der Waals surface area (Å²) < 4.78 is 44.2. The molecule has 1 heterocycles. The van der Waals surface area contributed by atoms with E-state index in [1.165, 1.54) is 13.0 Å². The summed E-state index contributed by atoms with van der Waals surface area (Å²) in [6, 6.07) is 3.04. The number of nitrogens with one attached hydrogen (secondary N) is 1. The lowest BCUT2D eigenvalue weighted by atomic mass is 10.1. The minimum atomic E-state index is -4.69. The average molecular weight is 449 g/mol. The Morgan fingerprint density at radius 3 is 2.66 bits per heavy atom. The molecule has 0 aliphatic carbocycles. The van der Waals surface area contributed by atoms with Gasteiger partial charge in [-0.3, -0.25) is 4.79 Å². The minimum absolute atomic E-state index is 0.0238. The van der Waals surface area contributed by atoms with Gasteiger partial charge >= 0.3 is 12.1 Å². The molecule has 29 heavy (non-hydrogen) atoms. The number of carbonyl (C=O) groups is 2. The number of nitrogens with zero attached hydrogens (tertiary/aromatic N) is 2. The van der Waals surface area contributed by atoms with Gasteiger partial charge in [-0.2, -0.15) is 13.2 Å². The van der Waals surface area contributed by atoms with Gasteiger partial charge in [-0.15, -0.1) is 0 Å². The van der Waals surface area contributed by atoms with Crippen LogP contribution in [0.1, 0.15) is 29.8 Å². The van der Waals surface area contributed by atoms with Crippen molar-refractivity contribution in [1.29, 1.82) is 0 Å². The van der Waals surface area contributed by atoms with Crippen molar-refractivity contribution in [3.8, 4) is 0 Å². The van der Waals surface area contributed by atoms with Crippen molar-refractivity contribution >= 4 is 46.7 Å². The molecular formula is C17H16ClF3N4O3S. The van der Waals surface area contributed by atoms with E-state index in [4.69, 9.17) is 22.1 Å². The van der Waals surface area contributed by atoms with Crippen LogP contribution in [0.5, 0.6) is 0 Å². The lowest BCUT2D eigenvalue weighted by Gasteiger charge is -2.16. The summed E-state index contributed by atoms with van der Waals surface area (Å²) in [6.07, 6.45) is -3.53. The van der Waals surface area contributed by atoms with E-state index in [0.29, 0.717) is 0 Å². The van der Waals surface area contributed by atoms with Crippen LogP contribution < -0.4 is 11.1 Å². The van der Waals surface area contributed by atoms with Crippen molar-refractivity contribution in [2.45, 2.75) is 30.4 Å². The SMILES string of the molecule is CCOC(=O)c1cnc(SC(C)C(=O)Nc2ccc(Cl)cc2C(F)(F)F)nc1N. The number of rotatable bonds is 6. The fourth-order valence-electron chi connectivity index (χ4n) is 2.11. The second-order valence-corrected chi connectivity index (χ2v) is 7.35. The number of hydrogen-bond donors (Lipinski definition) is 2. The highest BCUT2D eigenvalue weighted by molar-refractivity contribution is 8.00. The zero-order chi connectivity index (χ0) is 21.8. The number of alkyl halides is 3. The standard InChI is InChI=1S/C17H16ClF3N4O3S/c1-3-28-15(27)10-7-23-16(25-13(10)22)29-8(2)14(26)24-12-5-4-9(18)6-11(12)17(19,20)21/h4-8H,3H2,1-2H3,(H,24,26)(H2,22,23,25). The number of benzene rings is 1. The zero-order valence-corrected chi connectivity index (χ0v) is 16.8. The zero-order valence-electron chi connectivity index (χ0n) is 15.2. The number of carbonyl (C=O) groups excluding carboxylic acids is 2. The molecule has 3 N–H and O–H groups in total. The van der Waals surface area contributed by atoms with Gasteiger partial charge in [-0.25, -0.2) is 14.8 Å². The number of ether oxygens (including phenoxy) is 1. The van der Waals surface area contributed by atoms with Crippen LogP contribution in [0.25, 0.3) is 0 Å². The average Bonchev–Trinajstić information content (AvgIpc) is 2.62. The van der Waals surface area contributed by atoms with Crippen LogP contribution >= 0.6 is 23.4 Å². The number of aromatic nitrogens is 2. The maximum absolute atomic E-state index is 13.1. The predicted molar refractivity (Wildman–Crippen MR) is 103 cm³/mol. The maximum atomic E-state index is 13.1. The third kappa shape index (κ3) is 5.97. The fourth-order valence-corrected chi connectivity index (χ4v) is 3.03. The molecule has 0 fully saturated rings. The summed E-state index contributed by atoms with van der Waals surface area (Å²) in [4.78, 5) is 31.9. The minimum Gasteiger partial charge on any atom is -0.462 e. The summed E-state index contributed by atoms with van der Waals surface area (Å²) in [7, 11) is 0. The number of nitrogens with two attached hydrogens (primary N) is 1. The van der Waals surface area contributed by atoms with Gasteiger partial charge in [-0.1, -0.05) is 23.4 Å². The third-order valence-electron chi connectivity index (χ3n) is 3.49. The molecule has 0 bridgehead atoms. The Morgan fingerprint density at radius 2 is 2.07 bits per heavy atom. The number of nitrogen functional groups attached to an aromatic ring is 1. The number of amides is 1. The van der Waals surface area contributed by atoms with E-state index in [2.05, 4.69) is 15.3 Å². The number of thioether (sulfide) groups is 1.